The van der Waals surface area contributed by atoms with Crippen LogP contribution in [0.5, 0.6) is 5.75 Å². The van der Waals surface area contributed by atoms with Crippen LogP contribution in [-0.2, 0) is 9.31 Å². The highest BCUT2D eigenvalue weighted by Gasteiger charge is 2.52. The number of methoxy groups -OCH3 is 1. The van der Waals surface area contributed by atoms with Crippen LogP contribution in [0.1, 0.15) is 38.1 Å². The molecule has 1 heterocycles. The van der Waals surface area contributed by atoms with Crippen molar-refractivity contribution in [2.75, 3.05) is 7.11 Å². The summed E-state index contributed by atoms with van der Waals surface area (Å²) in [5, 5.41) is 9.22. The van der Waals surface area contributed by atoms with Gasteiger partial charge in [-0.25, -0.2) is 4.79 Å². The van der Waals surface area contributed by atoms with Gasteiger partial charge in [-0.1, -0.05) is 24.3 Å². The number of hydrogen-bond acceptors (Lipinski definition) is 4. The minimum atomic E-state index is -0.952. The minimum absolute atomic E-state index is 0.246. The molecule has 2 aromatic rings. The van der Waals surface area contributed by atoms with Crippen LogP contribution >= 0.6 is 0 Å². The molecule has 0 aromatic heterocycles. The molecular formula is C20H23BO5. The zero-order valence-electron chi connectivity index (χ0n) is 15.7. The van der Waals surface area contributed by atoms with E-state index in [1.807, 2.05) is 52.0 Å². The van der Waals surface area contributed by atoms with Crippen molar-refractivity contribution in [3.8, 4) is 16.9 Å². The van der Waals surface area contributed by atoms with Crippen LogP contribution in [0.15, 0.2) is 42.5 Å². The van der Waals surface area contributed by atoms with Crippen LogP contribution < -0.4 is 10.2 Å². The minimum Gasteiger partial charge on any atom is -0.497 e. The Kier molecular flexibility index (Phi) is 4.59. The smallest absolute Gasteiger partial charge is 0.497 e. The van der Waals surface area contributed by atoms with Crippen LogP contribution in [0.3, 0.4) is 0 Å². The molecule has 1 aliphatic heterocycles. The zero-order valence-corrected chi connectivity index (χ0v) is 15.7. The summed E-state index contributed by atoms with van der Waals surface area (Å²) in [6.07, 6.45) is 0. The molecule has 0 aliphatic carbocycles. The summed E-state index contributed by atoms with van der Waals surface area (Å²) in [4.78, 5) is 11.2. The average Bonchev–Trinajstić information content (AvgIpc) is 2.82. The molecule has 0 amide bonds. The first-order valence-electron chi connectivity index (χ1n) is 8.52. The van der Waals surface area contributed by atoms with E-state index in [4.69, 9.17) is 14.0 Å². The van der Waals surface area contributed by atoms with Gasteiger partial charge in [-0.2, -0.15) is 0 Å². The number of rotatable bonds is 4. The third-order valence-corrected chi connectivity index (χ3v) is 5.18. The molecule has 1 aliphatic rings. The number of benzene rings is 2. The molecule has 1 saturated heterocycles. The van der Waals surface area contributed by atoms with Gasteiger partial charge in [0.15, 0.2) is 0 Å². The van der Waals surface area contributed by atoms with Gasteiger partial charge in [0.1, 0.15) is 5.75 Å². The van der Waals surface area contributed by atoms with E-state index >= 15 is 0 Å². The van der Waals surface area contributed by atoms with Crippen LogP contribution in [-0.4, -0.2) is 36.5 Å². The second-order valence-electron chi connectivity index (χ2n) is 7.43. The summed E-state index contributed by atoms with van der Waals surface area (Å²) < 4.78 is 17.8. The number of ether oxygens (including phenoxy) is 1. The molecule has 5 nitrogen and oxygen atoms in total. The van der Waals surface area contributed by atoms with Crippen molar-refractivity contribution in [1.82, 2.24) is 0 Å². The predicted octanol–water partition coefficient (Wildman–Crippen LogP) is 3.36. The lowest BCUT2D eigenvalue weighted by Crippen LogP contribution is -2.41. The lowest BCUT2D eigenvalue weighted by Gasteiger charge is -2.32. The van der Waals surface area contributed by atoms with Crippen molar-refractivity contribution < 1.29 is 23.9 Å². The van der Waals surface area contributed by atoms with E-state index in [2.05, 4.69) is 0 Å². The van der Waals surface area contributed by atoms with Crippen LogP contribution in [0, 0.1) is 0 Å². The maximum atomic E-state index is 11.2. The molecular weight excluding hydrogens is 331 g/mol. The van der Waals surface area contributed by atoms with Crippen molar-refractivity contribution in [3.63, 3.8) is 0 Å². The lowest BCUT2D eigenvalue weighted by molar-refractivity contribution is 0.00578. The van der Waals surface area contributed by atoms with Gasteiger partial charge in [-0.05, 0) is 57.0 Å². The fraction of sp³-hybridized carbons (Fsp3) is 0.350. The first-order chi connectivity index (χ1) is 12.1. The summed E-state index contributed by atoms with van der Waals surface area (Å²) in [7, 11) is 1.05. The predicted molar refractivity (Wildman–Crippen MR) is 101 cm³/mol. The Hall–Kier alpha value is -2.31. The molecule has 0 saturated carbocycles. The Morgan fingerprint density at radius 1 is 1.00 bits per heavy atom. The van der Waals surface area contributed by atoms with Gasteiger partial charge in [-0.15, -0.1) is 0 Å². The van der Waals surface area contributed by atoms with Gasteiger partial charge >= 0.3 is 13.1 Å². The third-order valence-electron chi connectivity index (χ3n) is 5.18. The van der Waals surface area contributed by atoms with Crippen LogP contribution in [0.4, 0.5) is 0 Å². The molecule has 0 bridgehead atoms. The summed E-state index contributed by atoms with van der Waals surface area (Å²) in [5.74, 6) is -0.284. The molecule has 1 N–H and O–H groups in total. The summed E-state index contributed by atoms with van der Waals surface area (Å²) in [6.45, 7) is 8.00. The topological polar surface area (TPSA) is 65.0 Å². The highest BCUT2D eigenvalue weighted by atomic mass is 16.7. The second kappa shape index (κ2) is 6.45. The van der Waals surface area contributed by atoms with Gasteiger partial charge in [0.2, 0.25) is 0 Å². The van der Waals surface area contributed by atoms with Gasteiger partial charge in [0.25, 0.3) is 0 Å². The van der Waals surface area contributed by atoms with Gasteiger partial charge in [0.05, 0.1) is 23.9 Å². The number of carboxylic acid groups (broad SMARTS) is 1. The quantitative estimate of drug-likeness (QED) is 0.853. The zero-order chi connectivity index (χ0) is 19.1. The normalized spacial score (nSPS) is 18.0. The maximum absolute atomic E-state index is 11.2. The molecule has 0 spiro atoms. The highest BCUT2D eigenvalue weighted by Crippen LogP contribution is 2.37. The molecule has 26 heavy (non-hydrogen) atoms. The van der Waals surface area contributed by atoms with E-state index in [0.717, 1.165) is 16.6 Å². The van der Waals surface area contributed by atoms with Crippen molar-refractivity contribution in [3.05, 3.63) is 48.0 Å². The van der Waals surface area contributed by atoms with Crippen LogP contribution in [0.2, 0.25) is 0 Å². The third kappa shape index (κ3) is 3.22. The van der Waals surface area contributed by atoms with Crippen molar-refractivity contribution in [1.29, 1.82) is 0 Å². The molecule has 136 valence electrons. The van der Waals surface area contributed by atoms with E-state index in [1.54, 1.807) is 25.3 Å². The monoisotopic (exact) mass is 354 g/mol. The fourth-order valence-corrected chi connectivity index (χ4v) is 2.90. The summed E-state index contributed by atoms with van der Waals surface area (Å²) in [6, 6.07) is 12.5. The van der Waals surface area contributed by atoms with E-state index in [0.29, 0.717) is 5.75 Å². The number of carbonyl (C=O) groups is 1. The van der Waals surface area contributed by atoms with Gasteiger partial charge in [-0.3, -0.25) is 0 Å². The van der Waals surface area contributed by atoms with E-state index in [9.17, 15) is 9.90 Å². The number of carboxylic acids is 1. The first kappa shape index (κ1) is 18.5. The van der Waals surface area contributed by atoms with Crippen LogP contribution in [0.25, 0.3) is 11.1 Å². The molecule has 0 atom stereocenters. The van der Waals surface area contributed by atoms with E-state index in [1.165, 1.54) is 0 Å². The Bertz CT molecular complexity index is 828. The molecule has 1 fully saturated rings. The Balaban J connectivity index is 2.03. The summed E-state index contributed by atoms with van der Waals surface area (Å²) >= 11 is 0. The Morgan fingerprint density at radius 3 is 2.19 bits per heavy atom. The molecule has 2 aromatic carbocycles. The largest absolute Gasteiger partial charge is 0.498 e. The number of hydrogen-bond donors (Lipinski definition) is 1. The van der Waals surface area contributed by atoms with E-state index in [-0.39, 0.29) is 5.56 Å². The molecule has 0 unspecified atom stereocenters. The number of aromatic carboxylic acids is 1. The van der Waals surface area contributed by atoms with E-state index < -0.39 is 24.3 Å². The highest BCUT2D eigenvalue weighted by molar-refractivity contribution is 6.63. The van der Waals surface area contributed by atoms with Crippen molar-refractivity contribution in [2.45, 2.75) is 38.9 Å². The second-order valence-corrected chi connectivity index (χ2v) is 7.43. The lowest BCUT2D eigenvalue weighted by atomic mass is 9.77. The molecule has 3 rings (SSSR count). The van der Waals surface area contributed by atoms with Gasteiger partial charge in [0, 0.05) is 5.46 Å². The Labute approximate surface area is 154 Å². The average molecular weight is 354 g/mol. The standard InChI is InChI=1S/C20H23BO5/c1-19(2)20(3,4)26-21(25-19)16-12-14(9-10-17(16)24-5)13-7-6-8-15(11-13)18(22)23/h6-12H,1-5H3,(H,22,23). The van der Waals surface area contributed by atoms with Crippen molar-refractivity contribution >= 4 is 18.6 Å². The molecule has 6 heteroatoms. The first-order valence-corrected chi connectivity index (χ1v) is 8.52. The Morgan fingerprint density at radius 2 is 1.62 bits per heavy atom. The molecule has 0 radical (unpaired) electrons. The van der Waals surface area contributed by atoms with Crippen molar-refractivity contribution in [2.24, 2.45) is 0 Å². The fourth-order valence-electron chi connectivity index (χ4n) is 2.90. The SMILES string of the molecule is COc1ccc(-c2cccc(C(=O)O)c2)cc1B1OC(C)(C)C(C)(C)O1. The maximum Gasteiger partial charge on any atom is 0.498 e. The van der Waals surface area contributed by atoms with Gasteiger partial charge < -0.3 is 19.2 Å². The summed E-state index contributed by atoms with van der Waals surface area (Å²) in [5.41, 5.74) is 1.80.